The van der Waals surface area contributed by atoms with Gasteiger partial charge in [-0.25, -0.2) is 4.39 Å². The zero-order valence-electron chi connectivity index (χ0n) is 19.1. The summed E-state index contributed by atoms with van der Waals surface area (Å²) < 4.78 is 14.1. The SMILES string of the molecule is CC[C@@H](C(=O)NC(C)(C)C)N(Cc1c(Cl)cccc1Cl)C(=O)CSCc1c(F)cccc1Cl. The molecule has 0 spiro atoms. The van der Waals surface area contributed by atoms with Gasteiger partial charge in [0.05, 0.1) is 5.75 Å². The molecule has 2 aromatic carbocycles. The topological polar surface area (TPSA) is 49.4 Å². The van der Waals surface area contributed by atoms with Crippen molar-refractivity contribution in [3.05, 3.63) is 68.4 Å². The standard InChI is InChI=1S/C24H28Cl3FN2O2S/c1-5-21(23(32)29-24(2,3)4)30(12-15-17(25)8-6-9-18(15)26)22(31)14-33-13-16-19(27)10-7-11-20(16)28/h6-11,21H,5,12-14H2,1-4H3,(H,29,32)/t21-/m0/s1. The molecule has 2 aromatic rings. The van der Waals surface area contributed by atoms with Gasteiger partial charge in [0.15, 0.2) is 0 Å². The maximum absolute atomic E-state index is 14.1. The van der Waals surface area contributed by atoms with Gasteiger partial charge in [0, 0.05) is 44.0 Å². The predicted molar refractivity (Wildman–Crippen MR) is 137 cm³/mol. The van der Waals surface area contributed by atoms with Crippen molar-refractivity contribution >= 4 is 58.4 Å². The van der Waals surface area contributed by atoms with Crippen molar-refractivity contribution in [2.24, 2.45) is 0 Å². The van der Waals surface area contributed by atoms with Crippen LogP contribution in [0.5, 0.6) is 0 Å². The smallest absolute Gasteiger partial charge is 0.243 e. The molecule has 0 fully saturated rings. The second-order valence-corrected chi connectivity index (χ2v) is 10.8. The molecule has 0 saturated carbocycles. The molecular formula is C24H28Cl3FN2O2S. The van der Waals surface area contributed by atoms with Crippen molar-refractivity contribution < 1.29 is 14.0 Å². The van der Waals surface area contributed by atoms with Crippen LogP contribution in [0.2, 0.25) is 15.1 Å². The van der Waals surface area contributed by atoms with E-state index >= 15 is 0 Å². The summed E-state index contributed by atoms with van der Waals surface area (Å²) in [6, 6.07) is 8.86. The Balaban J connectivity index is 2.26. The molecule has 0 radical (unpaired) electrons. The molecule has 4 nitrogen and oxygen atoms in total. The summed E-state index contributed by atoms with van der Waals surface area (Å²) in [5.41, 5.74) is 0.450. The highest BCUT2D eigenvalue weighted by Crippen LogP contribution is 2.28. The minimum Gasteiger partial charge on any atom is -0.350 e. The first kappa shape index (κ1) is 27.8. The molecule has 0 aromatic heterocycles. The lowest BCUT2D eigenvalue weighted by Gasteiger charge is -2.33. The van der Waals surface area contributed by atoms with Crippen LogP contribution in [-0.2, 0) is 21.9 Å². The zero-order chi connectivity index (χ0) is 24.8. The van der Waals surface area contributed by atoms with E-state index in [1.807, 2.05) is 27.7 Å². The Morgan fingerprint density at radius 3 is 2.09 bits per heavy atom. The number of hydrogen-bond donors (Lipinski definition) is 1. The lowest BCUT2D eigenvalue weighted by Crippen LogP contribution is -2.53. The van der Waals surface area contributed by atoms with Gasteiger partial charge in [0.2, 0.25) is 11.8 Å². The second-order valence-electron chi connectivity index (χ2n) is 8.58. The molecule has 0 unspecified atom stereocenters. The van der Waals surface area contributed by atoms with Gasteiger partial charge in [-0.2, -0.15) is 0 Å². The van der Waals surface area contributed by atoms with Crippen LogP contribution in [0.25, 0.3) is 0 Å². The Morgan fingerprint density at radius 2 is 1.58 bits per heavy atom. The van der Waals surface area contributed by atoms with E-state index in [9.17, 15) is 14.0 Å². The molecular weight excluding hydrogens is 506 g/mol. The molecule has 2 rings (SSSR count). The molecule has 2 amide bonds. The first-order valence-corrected chi connectivity index (χ1v) is 12.8. The van der Waals surface area contributed by atoms with Crippen molar-refractivity contribution in [3.8, 4) is 0 Å². The molecule has 0 heterocycles. The van der Waals surface area contributed by atoms with Gasteiger partial charge in [-0.05, 0) is 51.5 Å². The maximum atomic E-state index is 14.1. The third-order valence-corrected chi connectivity index (χ3v) is 6.81. The molecule has 0 aliphatic carbocycles. The normalized spacial score (nSPS) is 12.4. The Labute approximate surface area is 214 Å². The lowest BCUT2D eigenvalue weighted by atomic mass is 10.1. The lowest BCUT2D eigenvalue weighted by molar-refractivity contribution is -0.140. The largest absolute Gasteiger partial charge is 0.350 e. The van der Waals surface area contributed by atoms with Gasteiger partial charge in [-0.1, -0.05) is 53.9 Å². The molecule has 0 bridgehead atoms. The molecule has 1 N–H and O–H groups in total. The van der Waals surface area contributed by atoms with E-state index in [1.54, 1.807) is 24.3 Å². The van der Waals surface area contributed by atoms with Crippen LogP contribution in [0.3, 0.4) is 0 Å². The highest BCUT2D eigenvalue weighted by molar-refractivity contribution is 7.99. The van der Waals surface area contributed by atoms with Crippen LogP contribution in [0.1, 0.15) is 45.2 Å². The van der Waals surface area contributed by atoms with Crippen molar-refractivity contribution in [2.45, 2.75) is 58.0 Å². The fraction of sp³-hybridized carbons (Fsp3) is 0.417. The van der Waals surface area contributed by atoms with E-state index in [-0.39, 0.29) is 29.9 Å². The van der Waals surface area contributed by atoms with Crippen LogP contribution in [0, 0.1) is 5.82 Å². The average Bonchev–Trinajstić information content (AvgIpc) is 2.70. The number of thioether (sulfide) groups is 1. The molecule has 180 valence electrons. The van der Waals surface area contributed by atoms with Crippen molar-refractivity contribution in [3.63, 3.8) is 0 Å². The number of rotatable bonds is 9. The van der Waals surface area contributed by atoms with Crippen molar-refractivity contribution in [1.29, 1.82) is 0 Å². The van der Waals surface area contributed by atoms with Gasteiger partial charge in [0.25, 0.3) is 0 Å². The number of amides is 2. The van der Waals surface area contributed by atoms with Gasteiger partial charge in [-0.3, -0.25) is 9.59 Å². The number of benzene rings is 2. The minimum absolute atomic E-state index is 0.0338. The van der Waals surface area contributed by atoms with E-state index in [1.165, 1.54) is 28.8 Å². The Hall–Kier alpha value is -1.47. The van der Waals surface area contributed by atoms with E-state index in [4.69, 9.17) is 34.8 Å². The first-order chi connectivity index (χ1) is 15.4. The first-order valence-electron chi connectivity index (χ1n) is 10.5. The third kappa shape index (κ3) is 8.06. The van der Waals surface area contributed by atoms with E-state index in [0.29, 0.717) is 32.6 Å². The van der Waals surface area contributed by atoms with Gasteiger partial charge in [-0.15, -0.1) is 11.8 Å². The highest BCUT2D eigenvalue weighted by Gasteiger charge is 2.31. The highest BCUT2D eigenvalue weighted by atomic mass is 35.5. The fourth-order valence-corrected chi connectivity index (χ4v) is 4.99. The monoisotopic (exact) mass is 532 g/mol. The van der Waals surface area contributed by atoms with Crippen molar-refractivity contribution in [1.82, 2.24) is 10.2 Å². The summed E-state index contributed by atoms with van der Waals surface area (Å²) in [5.74, 6) is -0.698. The number of nitrogens with one attached hydrogen (secondary N) is 1. The Bertz CT molecular complexity index is 958. The molecule has 0 saturated heterocycles. The predicted octanol–water partition coefficient (Wildman–Crippen LogP) is 6.74. The number of carbonyl (C=O) groups is 2. The zero-order valence-corrected chi connectivity index (χ0v) is 22.1. The molecule has 1 atom stereocenters. The van der Waals surface area contributed by atoms with Crippen molar-refractivity contribution in [2.75, 3.05) is 5.75 Å². The van der Waals surface area contributed by atoms with Crippen LogP contribution in [0.4, 0.5) is 4.39 Å². The summed E-state index contributed by atoms with van der Waals surface area (Å²) in [5, 5.41) is 4.08. The van der Waals surface area contributed by atoms with Crippen LogP contribution < -0.4 is 5.32 Å². The second kappa shape index (κ2) is 12.3. The summed E-state index contributed by atoms with van der Waals surface area (Å²) in [6.45, 7) is 7.55. The number of hydrogen-bond acceptors (Lipinski definition) is 3. The van der Waals surface area contributed by atoms with Gasteiger partial charge >= 0.3 is 0 Å². The maximum Gasteiger partial charge on any atom is 0.243 e. The summed E-state index contributed by atoms with van der Waals surface area (Å²) >= 11 is 20.0. The molecule has 0 aliphatic rings. The Morgan fingerprint density at radius 1 is 1.03 bits per heavy atom. The van der Waals surface area contributed by atoms with E-state index in [2.05, 4.69) is 5.32 Å². The summed E-state index contributed by atoms with van der Waals surface area (Å²) in [4.78, 5) is 27.8. The third-order valence-electron chi connectivity index (χ3n) is 4.81. The fourth-order valence-electron chi connectivity index (χ4n) is 3.22. The van der Waals surface area contributed by atoms with Crippen LogP contribution in [0.15, 0.2) is 36.4 Å². The van der Waals surface area contributed by atoms with E-state index < -0.39 is 17.4 Å². The van der Waals surface area contributed by atoms with Gasteiger partial charge in [0.1, 0.15) is 11.9 Å². The van der Waals surface area contributed by atoms with Crippen LogP contribution in [-0.4, -0.2) is 34.0 Å². The number of halogens is 4. The summed E-state index contributed by atoms with van der Waals surface area (Å²) in [6.07, 6.45) is 0.402. The van der Waals surface area contributed by atoms with Crippen LogP contribution >= 0.6 is 46.6 Å². The minimum atomic E-state index is -0.721. The quantitative estimate of drug-likeness (QED) is 0.388. The molecule has 0 aliphatic heterocycles. The van der Waals surface area contributed by atoms with Gasteiger partial charge < -0.3 is 10.2 Å². The number of nitrogens with zero attached hydrogens (tertiary/aromatic N) is 1. The molecule has 33 heavy (non-hydrogen) atoms. The number of carbonyl (C=O) groups excluding carboxylic acids is 2. The Kier molecular flexibility index (Phi) is 10.3. The summed E-state index contributed by atoms with van der Waals surface area (Å²) in [7, 11) is 0. The molecule has 9 heteroatoms. The average molecular weight is 534 g/mol. The van der Waals surface area contributed by atoms with E-state index in [0.717, 1.165) is 0 Å².